The predicted octanol–water partition coefficient (Wildman–Crippen LogP) is 1.48. The summed E-state index contributed by atoms with van der Waals surface area (Å²) in [6.45, 7) is 1.44. The van der Waals surface area contributed by atoms with E-state index in [1.807, 2.05) is 0 Å². The first-order valence-electron chi connectivity index (χ1n) is 6.04. The van der Waals surface area contributed by atoms with Crippen molar-refractivity contribution in [3.63, 3.8) is 0 Å². The maximum atomic E-state index is 13.1. The van der Waals surface area contributed by atoms with Gasteiger partial charge >= 0.3 is 0 Å². The minimum absolute atomic E-state index is 0.0279. The molecule has 0 atom stereocenters. The van der Waals surface area contributed by atoms with Gasteiger partial charge in [0.25, 0.3) is 0 Å². The average Bonchev–Trinajstić information content (AvgIpc) is 2.59. The van der Waals surface area contributed by atoms with E-state index in [0.29, 0.717) is 30.5 Å². The lowest BCUT2D eigenvalue weighted by Crippen LogP contribution is -2.35. The molecule has 1 N–H and O–H groups in total. The number of rotatable bonds is 2. The molecule has 0 aliphatic carbocycles. The molecule has 4 nitrogen and oxygen atoms in total. The number of carbonyl (C=O) groups excluding carboxylic acids is 2. The Morgan fingerprint density at radius 3 is 2.95 bits per heavy atom. The van der Waals surface area contributed by atoms with Crippen molar-refractivity contribution in [2.24, 2.45) is 0 Å². The highest BCUT2D eigenvalue weighted by atomic mass is 79.9. The maximum Gasteiger partial charge on any atom is 0.227 e. The standard InChI is InChI=1S/C13H14BrFN2O2/c14-10-7-9(1-2-11(10)15)8-13(19)17-5-3-12(18)16-4-6-17/h1-2,7H,3-6,8H2,(H,16,18). The molecule has 1 aromatic rings. The number of carbonyl (C=O) groups is 2. The van der Waals surface area contributed by atoms with Crippen LogP contribution in [0.4, 0.5) is 4.39 Å². The molecule has 2 rings (SSSR count). The van der Waals surface area contributed by atoms with Crippen LogP contribution in [0.2, 0.25) is 0 Å². The van der Waals surface area contributed by atoms with Crippen LogP contribution < -0.4 is 5.32 Å². The first kappa shape index (κ1) is 14.0. The van der Waals surface area contributed by atoms with Crippen molar-refractivity contribution < 1.29 is 14.0 Å². The van der Waals surface area contributed by atoms with Crippen LogP contribution in [0.5, 0.6) is 0 Å². The van der Waals surface area contributed by atoms with Crippen molar-refractivity contribution in [3.8, 4) is 0 Å². The van der Waals surface area contributed by atoms with E-state index in [9.17, 15) is 14.0 Å². The minimum Gasteiger partial charge on any atom is -0.354 e. The van der Waals surface area contributed by atoms with Gasteiger partial charge in [-0.3, -0.25) is 9.59 Å². The van der Waals surface area contributed by atoms with E-state index in [0.717, 1.165) is 5.56 Å². The average molecular weight is 329 g/mol. The lowest BCUT2D eigenvalue weighted by molar-refractivity contribution is -0.130. The van der Waals surface area contributed by atoms with Crippen molar-refractivity contribution in [2.45, 2.75) is 12.8 Å². The number of halogens is 2. The lowest BCUT2D eigenvalue weighted by Gasteiger charge is -2.19. The van der Waals surface area contributed by atoms with Crippen molar-refractivity contribution in [1.29, 1.82) is 0 Å². The van der Waals surface area contributed by atoms with Crippen LogP contribution in [0.1, 0.15) is 12.0 Å². The second-order valence-electron chi connectivity index (χ2n) is 4.41. The molecule has 19 heavy (non-hydrogen) atoms. The third-order valence-corrected chi connectivity index (χ3v) is 3.61. The predicted molar refractivity (Wildman–Crippen MR) is 72.0 cm³/mol. The highest BCUT2D eigenvalue weighted by molar-refractivity contribution is 9.10. The number of nitrogens with one attached hydrogen (secondary N) is 1. The van der Waals surface area contributed by atoms with Crippen LogP contribution in [0, 0.1) is 5.82 Å². The smallest absolute Gasteiger partial charge is 0.227 e. The fourth-order valence-electron chi connectivity index (χ4n) is 1.95. The first-order valence-corrected chi connectivity index (χ1v) is 6.84. The fourth-order valence-corrected chi connectivity index (χ4v) is 2.38. The van der Waals surface area contributed by atoms with Gasteiger partial charge in [0.05, 0.1) is 10.9 Å². The van der Waals surface area contributed by atoms with Crippen molar-refractivity contribution >= 4 is 27.7 Å². The molecule has 1 aliphatic rings. The van der Waals surface area contributed by atoms with E-state index in [1.165, 1.54) is 6.07 Å². The fraction of sp³-hybridized carbons (Fsp3) is 0.385. The van der Waals surface area contributed by atoms with E-state index in [4.69, 9.17) is 0 Å². The Hall–Kier alpha value is -1.43. The molecule has 1 saturated heterocycles. The number of amides is 2. The molecule has 0 radical (unpaired) electrons. The van der Waals surface area contributed by atoms with E-state index in [1.54, 1.807) is 17.0 Å². The van der Waals surface area contributed by atoms with Crippen molar-refractivity contribution in [3.05, 3.63) is 34.1 Å². The number of hydrogen-bond acceptors (Lipinski definition) is 2. The SMILES string of the molecule is O=C1CCN(C(=O)Cc2ccc(F)c(Br)c2)CCN1. The Morgan fingerprint density at radius 1 is 1.42 bits per heavy atom. The highest BCUT2D eigenvalue weighted by Crippen LogP contribution is 2.17. The zero-order chi connectivity index (χ0) is 13.8. The van der Waals surface area contributed by atoms with E-state index < -0.39 is 0 Å². The molecule has 0 saturated carbocycles. The van der Waals surface area contributed by atoms with Crippen LogP contribution >= 0.6 is 15.9 Å². The molecule has 0 aromatic heterocycles. The molecular formula is C13H14BrFN2O2. The van der Waals surface area contributed by atoms with Crippen LogP contribution in [-0.2, 0) is 16.0 Å². The summed E-state index contributed by atoms with van der Waals surface area (Å²) in [7, 11) is 0. The van der Waals surface area contributed by atoms with Crippen LogP contribution in [-0.4, -0.2) is 36.3 Å². The molecule has 2 amide bonds. The first-order chi connectivity index (χ1) is 9.06. The summed E-state index contributed by atoms with van der Waals surface area (Å²) < 4.78 is 13.5. The maximum absolute atomic E-state index is 13.1. The summed E-state index contributed by atoms with van der Waals surface area (Å²) in [5.74, 6) is -0.421. The van der Waals surface area contributed by atoms with E-state index in [2.05, 4.69) is 21.2 Å². The Kier molecular flexibility index (Phi) is 4.52. The Labute approximate surface area is 119 Å². The monoisotopic (exact) mass is 328 g/mol. The summed E-state index contributed by atoms with van der Waals surface area (Å²) in [5, 5.41) is 2.72. The van der Waals surface area contributed by atoms with Crippen molar-refractivity contribution in [1.82, 2.24) is 10.2 Å². The molecule has 0 unspecified atom stereocenters. The Bertz CT molecular complexity index is 507. The zero-order valence-corrected chi connectivity index (χ0v) is 11.9. The van der Waals surface area contributed by atoms with Gasteiger partial charge in [0.15, 0.2) is 0 Å². The summed E-state index contributed by atoms with van der Waals surface area (Å²) in [6.07, 6.45) is 0.548. The molecule has 102 valence electrons. The van der Waals surface area contributed by atoms with Crippen LogP contribution in [0.3, 0.4) is 0 Å². The largest absolute Gasteiger partial charge is 0.354 e. The van der Waals surface area contributed by atoms with Crippen LogP contribution in [0.25, 0.3) is 0 Å². The Balaban J connectivity index is 1.99. The van der Waals surface area contributed by atoms with E-state index >= 15 is 0 Å². The number of hydrogen-bond donors (Lipinski definition) is 1. The molecular weight excluding hydrogens is 315 g/mol. The quantitative estimate of drug-likeness (QED) is 0.894. The van der Waals surface area contributed by atoms with Gasteiger partial charge in [0, 0.05) is 26.1 Å². The van der Waals surface area contributed by atoms with Gasteiger partial charge in [0.1, 0.15) is 5.82 Å². The third kappa shape index (κ3) is 3.76. The summed E-state index contributed by atoms with van der Waals surface area (Å²) in [5.41, 5.74) is 0.752. The second kappa shape index (κ2) is 6.14. The summed E-state index contributed by atoms with van der Waals surface area (Å²) in [6, 6.07) is 4.54. The molecule has 0 bridgehead atoms. The van der Waals surface area contributed by atoms with E-state index in [-0.39, 0.29) is 24.1 Å². The summed E-state index contributed by atoms with van der Waals surface area (Å²) in [4.78, 5) is 25.0. The molecule has 6 heteroatoms. The van der Waals surface area contributed by atoms with Gasteiger partial charge in [-0.05, 0) is 33.6 Å². The molecule has 1 aliphatic heterocycles. The van der Waals surface area contributed by atoms with Gasteiger partial charge in [-0.25, -0.2) is 4.39 Å². The molecule has 1 heterocycles. The molecule has 1 aromatic carbocycles. The lowest BCUT2D eigenvalue weighted by atomic mass is 10.1. The number of benzene rings is 1. The van der Waals surface area contributed by atoms with Gasteiger partial charge in [-0.15, -0.1) is 0 Å². The summed E-state index contributed by atoms with van der Waals surface area (Å²) >= 11 is 3.10. The van der Waals surface area contributed by atoms with Crippen molar-refractivity contribution in [2.75, 3.05) is 19.6 Å². The topological polar surface area (TPSA) is 49.4 Å². The van der Waals surface area contributed by atoms with Crippen LogP contribution in [0.15, 0.2) is 22.7 Å². The van der Waals surface area contributed by atoms with Gasteiger partial charge in [-0.1, -0.05) is 6.07 Å². The highest BCUT2D eigenvalue weighted by Gasteiger charge is 2.18. The van der Waals surface area contributed by atoms with Gasteiger partial charge in [-0.2, -0.15) is 0 Å². The minimum atomic E-state index is -0.347. The Morgan fingerprint density at radius 2 is 2.21 bits per heavy atom. The molecule has 0 spiro atoms. The second-order valence-corrected chi connectivity index (χ2v) is 5.26. The normalized spacial score (nSPS) is 15.9. The zero-order valence-electron chi connectivity index (χ0n) is 10.3. The van der Waals surface area contributed by atoms with Gasteiger partial charge < -0.3 is 10.2 Å². The molecule has 1 fully saturated rings. The van der Waals surface area contributed by atoms with Gasteiger partial charge in [0.2, 0.25) is 11.8 Å². The third-order valence-electron chi connectivity index (χ3n) is 3.00. The number of nitrogens with zero attached hydrogens (tertiary/aromatic N) is 1.